The molecule has 2 aromatic heterocycles. The van der Waals surface area contributed by atoms with Gasteiger partial charge >= 0.3 is 0 Å². The lowest BCUT2D eigenvalue weighted by molar-refractivity contribution is 0.168. The second-order valence-corrected chi connectivity index (χ2v) is 9.09. The number of rotatable bonds is 9. The summed E-state index contributed by atoms with van der Waals surface area (Å²) in [6.45, 7) is 5.27. The predicted molar refractivity (Wildman–Crippen MR) is 138 cm³/mol. The van der Waals surface area contributed by atoms with Crippen LogP contribution in [0.2, 0.25) is 10.0 Å². The van der Waals surface area contributed by atoms with Crippen LogP contribution in [-0.2, 0) is 0 Å². The maximum atomic E-state index is 6.19. The molecule has 0 aliphatic rings. The summed E-state index contributed by atoms with van der Waals surface area (Å²) < 4.78 is 0. The Labute approximate surface area is 205 Å². The molecule has 2 unspecified atom stereocenters. The van der Waals surface area contributed by atoms with Gasteiger partial charge in [0, 0.05) is 29.8 Å². The van der Waals surface area contributed by atoms with E-state index in [4.69, 9.17) is 23.2 Å². The minimum Gasteiger partial charge on any atom is -0.346 e. The fraction of sp³-hybridized carbons (Fsp3) is 0.308. The molecule has 4 rings (SSSR count). The maximum absolute atomic E-state index is 6.19. The third kappa shape index (κ3) is 5.16. The zero-order valence-corrected chi connectivity index (χ0v) is 20.7. The lowest BCUT2D eigenvalue weighted by Crippen LogP contribution is -2.45. The molecule has 0 spiro atoms. The molecule has 0 aliphatic carbocycles. The van der Waals surface area contributed by atoms with Crippen molar-refractivity contribution in [1.29, 1.82) is 0 Å². The van der Waals surface area contributed by atoms with Crippen molar-refractivity contribution in [3.8, 4) is 0 Å². The van der Waals surface area contributed by atoms with Gasteiger partial charge in [-0.2, -0.15) is 0 Å². The Morgan fingerprint density at radius 3 is 2.09 bits per heavy atom. The normalized spacial score (nSPS) is 13.4. The molecule has 0 radical (unpaired) electrons. The second kappa shape index (κ2) is 10.6. The Hall–Kier alpha value is -2.60. The van der Waals surface area contributed by atoms with Crippen LogP contribution in [0.4, 0.5) is 5.82 Å². The maximum Gasteiger partial charge on any atom is 0.155 e. The molecule has 2 heterocycles. The highest BCUT2D eigenvalue weighted by Gasteiger charge is 2.28. The summed E-state index contributed by atoms with van der Waals surface area (Å²) in [5.41, 5.74) is 3.33. The molecule has 0 saturated carbocycles. The molecular formula is C26H29Cl2N5. The number of nitrogens with one attached hydrogen (secondary N) is 1. The third-order valence-corrected chi connectivity index (χ3v) is 6.77. The number of hydrogen-bond donors (Lipinski definition) is 1. The van der Waals surface area contributed by atoms with Gasteiger partial charge in [0.05, 0.1) is 11.4 Å². The number of nitrogens with zero attached hydrogens (tertiary/aromatic N) is 4. The molecule has 5 nitrogen and oxygen atoms in total. The second-order valence-electron chi connectivity index (χ2n) is 8.22. The number of H-pyrrole nitrogens is 1. The van der Waals surface area contributed by atoms with E-state index in [0.29, 0.717) is 5.92 Å². The van der Waals surface area contributed by atoms with Gasteiger partial charge in [-0.05, 0) is 60.2 Å². The van der Waals surface area contributed by atoms with Crippen LogP contribution >= 0.6 is 23.2 Å². The summed E-state index contributed by atoms with van der Waals surface area (Å²) in [4.78, 5) is 12.2. The molecule has 2 atom stereocenters. The van der Waals surface area contributed by atoms with Crippen LogP contribution in [0.15, 0.2) is 67.1 Å². The van der Waals surface area contributed by atoms with Crippen molar-refractivity contribution in [2.24, 2.45) is 0 Å². The van der Waals surface area contributed by atoms with Gasteiger partial charge < -0.3 is 4.98 Å². The van der Waals surface area contributed by atoms with Gasteiger partial charge in [0.25, 0.3) is 0 Å². The lowest BCUT2D eigenvalue weighted by Gasteiger charge is -2.41. The number of aromatic nitrogens is 3. The van der Waals surface area contributed by atoms with Gasteiger partial charge in [-0.15, -0.1) is 0 Å². The molecule has 172 valence electrons. The monoisotopic (exact) mass is 481 g/mol. The van der Waals surface area contributed by atoms with Crippen LogP contribution in [-0.4, -0.2) is 33.6 Å². The van der Waals surface area contributed by atoms with Gasteiger partial charge in [-0.25, -0.2) is 15.0 Å². The number of fused-ring (bicyclic) bond motifs is 1. The van der Waals surface area contributed by atoms with Crippen LogP contribution in [0.1, 0.15) is 49.8 Å². The van der Waals surface area contributed by atoms with Crippen LogP contribution in [0.5, 0.6) is 0 Å². The van der Waals surface area contributed by atoms with Crippen LogP contribution in [0, 0.1) is 0 Å². The molecule has 2 aromatic carbocycles. The van der Waals surface area contributed by atoms with E-state index in [1.807, 2.05) is 36.5 Å². The first-order valence-electron chi connectivity index (χ1n) is 11.3. The molecular weight excluding hydrogens is 453 g/mol. The average Bonchev–Trinajstić information content (AvgIpc) is 3.32. The summed E-state index contributed by atoms with van der Waals surface area (Å²) in [6, 6.07) is 18.5. The predicted octanol–water partition coefficient (Wildman–Crippen LogP) is 7.26. The van der Waals surface area contributed by atoms with Gasteiger partial charge in [0.1, 0.15) is 12.0 Å². The highest BCUT2D eigenvalue weighted by molar-refractivity contribution is 6.30. The van der Waals surface area contributed by atoms with E-state index in [0.717, 1.165) is 46.3 Å². The largest absolute Gasteiger partial charge is 0.346 e. The van der Waals surface area contributed by atoms with Crippen molar-refractivity contribution >= 4 is 40.1 Å². The highest BCUT2D eigenvalue weighted by atomic mass is 35.5. The van der Waals surface area contributed by atoms with Gasteiger partial charge in [0.2, 0.25) is 0 Å². The van der Waals surface area contributed by atoms with Crippen molar-refractivity contribution in [3.63, 3.8) is 0 Å². The number of hydrazine groups is 1. The average molecular weight is 482 g/mol. The topological polar surface area (TPSA) is 48.1 Å². The number of halogens is 2. The van der Waals surface area contributed by atoms with Crippen molar-refractivity contribution < 1.29 is 0 Å². The van der Waals surface area contributed by atoms with Crippen molar-refractivity contribution in [1.82, 2.24) is 20.0 Å². The van der Waals surface area contributed by atoms with Crippen LogP contribution in [0.3, 0.4) is 0 Å². The molecule has 0 aliphatic heterocycles. The molecule has 0 saturated heterocycles. The first-order chi connectivity index (χ1) is 16.0. The van der Waals surface area contributed by atoms with Gasteiger partial charge in [-0.1, -0.05) is 61.3 Å². The Balaban J connectivity index is 1.75. The van der Waals surface area contributed by atoms with Crippen molar-refractivity contribution in [2.45, 2.75) is 38.6 Å². The quantitative estimate of drug-likeness (QED) is 0.255. The summed E-state index contributed by atoms with van der Waals surface area (Å²) in [5.74, 6) is 1.20. The van der Waals surface area contributed by atoms with Crippen molar-refractivity contribution in [3.05, 3.63) is 88.3 Å². The SMILES string of the molecule is CCC(CN(C(CC)c1ccc(Cl)cc1)N(C)c1ncnc2[nH]ccc12)c1ccc(Cl)cc1. The third-order valence-electron chi connectivity index (χ3n) is 6.27. The van der Waals surface area contributed by atoms with E-state index < -0.39 is 0 Å². The van der Waals surface area contributed by atoms with Gasteiger partial charge in [0.15, 0.2) is 5.82 Å². The summed E-state index contributed by atoms with van der Waals surface area (Å²) in [7, 11) is 2.09. The Morgan fingerprint density at radius 2 is 1.48 bits per heavy atom. The highest BCUT2D eigenvalue weighted by Crippen LogP contribution is 2.34. The minimum absolute atomic E-state index is 0.151. The van der Waals surface area contributed by atoms with E-state index in [1.165, 1.54) is 11.1 Å². The first-order valence-corrected chi connectivity index (χ1v) is 12.1. The molecule has 0 fully saturated rings. The van der Waals surface area contributed by atoms with Crippen molar-refractivity contribution in [2.75, 3.05) is 18.6 Å². The van der Waals surface area contributed by atoms with E-state index in [1.54, 1.807) is 6.33 Å². The van der Waals surface area contributed by atoms with Crippen LogP contribution in [0.25, 0.3) is 11.0 Å². The summed E-state index contributed by atoms with van der Waals surface area (Å²) in [6.07, 6.45) is 5.46. The molecule has 1 N–H and O–H groups in total. The number of anilines is 1. The van der Waals surface area contributed by atoms with E-state index in [9.17, 15) is 0 Å². The molecule has 0 amide bonds. The standard InChI is InChI=1S/C26H29Cl2N5/c1-4-18(19-6-10-21(27)11-7-19)16-33(24(5-2)20-8-12-22(28)13-9-20)32(3)26-23-14-15-29-25(23)30-17-31-26/h6-15,17-18,24H,4-5,16H2,1-3H3,(H,29,30,31). The Kier molecular flexibility index (Phi) is 7.53. The van der Waals surface area contributed by atoms with E-state index in [2.05, 4.69) is 70.1 Å². The molecule has 7 heteroatoms. The van der Waals surface area contributed by atoms with Gasteiger partial charge in [-0.3, -0.25) is 5.01 Å². The molecule has 4 aromatic rings. The molecule has 33 heavy (non-hydrogen) atoms. The summed E-state index contributed by atoms with van der Waals surface area (Å²) in [5, 5.41) is 7.09. The Morgan fingerprint density at radius 1 is 0.848 bits per heavy atom. The minimum atomic E-state index is 0.151. The lowest BCUT2D eigenvalue weighted by atomic mass is 9.94. The van der Waals surface area contributed by atoms with E-state index in [-0.39, 0.29) is 6.04 Å². The number of hydrogen-bond acceptors (Lipinski definition) is 4. The van der Waals surface area contributed by atoms with Crippen LogP contribution < -0.4 is 5.01 Å². The fourth-order valence-corrected chi connectivity index (χ4v) is 4.68. The first kappa shape index (κ1) is 23.6. The Bertz CT molecular complexity index is 1170. The molecule has 0 bridgehead atoms. The number of aromatic amines is 1. The zero-order chi connectivity index (χ0) is 23.4. The summed E-state index contributed by atoms with van der Waals surface area (Å²) >= 11 is 12.4. The van der Waals surface area contributed by atoms with E-state index >= 15 is 0 Å². The number of benzene rings is 2. The zero-order valence-electron chi connectivity index (χ0n) is 19.2. The smallest absolute Gasteiger partial charge is 0.155 e. The fourth-order valence-electron chi connectivity index (χ4n) is 4.43.